The molecule has 0 aliphatic heterocycles. The summed E-state index contributed by atoms with van der Waals surface area (Å²) < 4.78 is 18.3. The summed E-state index contributed by atoms with van der Waals surface area (Å²) in [6, 6.07) is 23.0. The second-order valence-corrected chi connectivity index (χ2v) is 16.9. The van der Waals surface area contributed by atoms with Crippen molar-refractivity contribution in [3.05, 3.63) is 105 Å². The first-order valence-electron chi connectivity index (χ1n) is 13.1. The van der Waals surface area contributed by atoms with Crippen LogP contribution in [0.3, 0.4) is 0 Å². The Labute approximate surface area is 339 Å². The SMILES string of the molecule is CC(=O)[C@@H](N)Cc1cc(I)c(Oc2cccc(I)c2)c(I)c1.CC(=O)[C@H](N)Cc1cc(I)c(Oc2cccc(I)c2)c(I)c1. The molecule has 12 heteroatoms. The monoisotopic (exact) mass is 1270 g/mol. The molecular formula is C32H28I6N2O4. The number of ether oxygens (including phenoxy) is 2. The number of halogens is 6. The Morgan fingerprint density at radius 1 is 0.591 bits per heavy atom. The molecule has 44 heavy (non-hydrogen) atoms. The third kappa shape index (κ3) is 12.3. The van der Waals surface area contributed by atoms with Crippen molar-refractivity contribution in [2.75, 3.05) is 0 Å². The third-order valence-electron chi connectivity index (χ3n) is 6.10. The van der Waals surface area contributed by atoms with E-state index in [1.54, 1.807) is 0 Å². The number of nitrogens with two attached hydrogens (primary N) is 2. The second kappa shape index (κ2) is 18.6. The first-order valence-corrected chi connectivity index (χ1v) is 19.6. The molecular weight excluding hydrogens is 1240 g/mol. The number of carbonyl (C=O) groups is 2. The van der Waals surface area contributed by atoms with Gasteiger partial charge in [-0.15, -0.1) is 0 Å². The maximum absolute atomic E-state index is 11.3. The van der Waals surface area contributed by atoms with Gasteiger partial charge in [0, 0.05) is 7.14 Å². The highest BCUT2D eigenvalue weighted by atomic mass is 127. The van der Waals surface area contributed by atoms with Crippen molar-refractivity contribution in [1.82, 2.24) is 0 Å². The van der Waals surface area contributed by atoms with Crippen LogP contribution in [0, 0.1) is 21.4 Å². The molecule has 232 valence electrons. The molecule has 4 N–H and O–H groups in total. The fourth-order valence-corrected chi connectivity index (χ4v) is 9.01. The lowest BCUT2D eigenvalue weighted by Gasteiger charge is -2.14. The van der Waals surface area contributed by atoms with E-state index in [-0.39, 0.29) is 11.6 Å². The molecule has 2 atom stereocenters. The van der Waals surface area contributed by atoms with Gasteiger partial charge in [0.05, 0.1) is 26.4 Å². The van der Waals surface area contributed by atoms with Crippen LogP contribution >= 0.6 is 136 Å². The van der Waals surface area contributed by atoms with Crippen molar-refractivity contribution in [2.24, 2.45) is 11.5 Å². The number of ketones is 2. The lowest BCUT2D eigenvalue weighted by atomic mass is 10.0. The fraction of sp³-hybridized carbons (Fsp3) is 0.188. The van der Waals surface area contributed by atoms with Crippen LogP contribution in [0.4, 0.5) is 0 Å². The number of hydrogen-bond donors (Lipinski definition) is 2. The van der Waals surface area contributed by atoms with Gasteiger partial charge in [0.2, 0.25) is 0 Å². The van der Waals surface area contributed by atoms with Gasteiger partial charge < -0.3 is 20.9 Å². The maximum atomic E-state index is 11.3. The topological polar surface area (TPSA) is 105 Å². The molecule has 0 bridgehead atoms. The lowest BCUT2D eigenvalue weighted by Crippen LogP contribution is -2.30. The summed E-state index contributed by atoms with van der Waals surface area (Å²) in [4.78, 5) is 22.6. The number of carbonyl (C=O) groups excluding carboxylic acids is 2. The van der Waals surface area contributed by atoms with E-state index in [1.807, 2.05) is 72.8 Å². The van der Waals surface area contributed by atoms with Crippen LogP contribution in [0.15, 0.2) is 72.8 Å². The van der Waals surface area contributed by atoms with E-state index in [2.05, 4.69) is 136 Å². The average molecular weight is 1270 g/mol. The molecule has 0 unspecified atom stereocenters. The van der Waals surface area contributed by atoms with Crippen molar-refractivity contribution in [1.29, 1.82) is 0 Å². The summed E-state index contributed by atoms with van der Waals surface area (Å²) in [6.07, 6.45) is 1.09. The summed E-state index contributed by atoms with van der Waals surface area (Å²) in [5.74, 6) is 3.31. The van der Waals surface area contributed by atoms with Crippen LogP contribution in [0.1, 0.15) is 25.0 Å². The number of Topliss-reactive ketones (excluding diaryl/α,β-unsaturated/α-hetero) is 2. The molecule has 0 aliphatic rings. The predicted molar refractivity (Wildman–Crippen MR) is 227 cm³/mol. The second-order valence-electron chi connectivity index (χ2n) is 9.74. The molecule has 0 saturated carbocycles. The van der Waals surface area contributed by atoms with Gasteiger partial charge in [0.1, 0.15) is 23.1 Å². The maximum Gasteiger partial charge on any atom is 0.154 e. The molecule has 4 aromatic carbocycles. The Morgan fingerprint density at radius 3 is 1.18 bits per heavy atom. The zero-order chi connectivity index (χ0) is 32.6. The lowest BCUT2D eigenvalue weighted by molar-refractivity contribution is -0.119. The Balaban J connectivity index is 0.000000240. The molecule has 0 aliphatic carbocycles. The molecule has 0 spiro atoms. The van der Waals surface area contributed by atoms with E-state index in [0.29, 0.717) is 12.8 Å². The molecule has 0 aromatic heterocycles. The van der Waals surface area contributed by atoms with Crippen LogP contribution in [-0.2, 0) is 22.4 Å². The van der Waals surface area contributed by atoms with E-state index in [0.717, 1.165) is 55.5 Å². The first-order chi connectivity index (χ1) is 20.7. The van der Waals surface area contributed by atoms with Crippen molar-refractivity contribution in [3.63, 3.8) is 0 Å². The Hall–Kier alpha value is 0.120. The van der Waals surface area contributed by atoms with Crippen LogP contribution in [0.25, 0.3) is 0 Å². The van der Waals surface area contributed by atoms with E-state index in [1.165, 1.54) is 13.8 Å². The van der Waals surface area contributed by atoms with Crippen molar-refractivity contribution < 1.29 is 19.1 Å². The summed E-state index contributed by atoms with van der Waals surface area (Å²) in [7, 11) is 0. The largest absolute Gasteiger partial charge is 0.455 e. The molecule has 4 aromatic rings. The molecule has 0 fully saturated rings. The minimum absolute atomic E-state index is 0.00389. The third-order valence-corrected chi connectivity index (χ3v) is 10.7. The highest BCUT2D eigenvalue weighted by molar-refractivity contribution is 14.1. The highest BCUT2D eigenvalue weighted by Crippen LogP contribution is 2.35. The predicted octanol–water partition coefficient (Wildman–Crippen LogP) is 9.50. The van der Waals surface area contributed by atoms with E-state index < -0.39 is 12.1 Å². The molecule has 0 heterocycles. The molecule has 6 nitrogen and oxygen atoms in total. The smallest absolute Gasteiger partial charge is 0.154 e. The van der Waals surface area contributed by atoms with Gasteiger partial charge in [0.25, 0.3) is 0 Å². The Morgan fingerprint density at radius 2 is 0.909 bits per heavy atom. The summed E-state index contributed by atoms with van der Waals surface area (Å²) >= 11 is 13.5. The number of hydrogen-bond acceptors (Lipinski definition) is 6. The highest BCUT2D eigenvalue weighted by Gasteiger charge is 2.16. The van der Waals surface area contributed by atoms with Crippen molar-refractivity contribution >= 4 is 147 Å². The minimum atomic E-state index is -0.450. The van der Waals surface area contributed by atoms with Crippen molar-refractivity contribution in [3.8, 4) is 23.0 Å². The minimum Gasteiger partial charge on any atom is -0.455 e. The van der Waals surface area contributed by atoms with Gasteiger partial charge >= 0.3 is 0 Å². The van der Waals surface area contributed by atoms with Gasteiger partial charge in [-0.2, -0.15) is 0 Å². The van der Waals surface area contributed by atoms with Gasteiger partial charge in [-0.05, 0) is 234 Å². The summed E-state index contributed by atoms with van der Waals surface area (Å²) in [5.41, 5.74) is 13.8. The van der Waals surface area contributed by atoms with Gasteiger partial charge in [0.15, 0.2) is 11.5 Å². The van der Waals surface area contributed by atoms with Crippen LogP contribution in [0.2, 0.25) is 0 Å². The summed E-state index contributed by atoms with van der Waals surface area (Å²) in [5, 5.41) is 0. The van der Waals surface area contributed by atoms with Crippen LogP contribution in [-0.4, -0.2) is 23.7 Å². The van der Waals surface area contributed by atoms with E-state index >= 15 is 0 Å². The zero-order valence-electron chi connectivity index (χ0n) is 23.6. The quantitative estimate of drug-likeness (QED) is 0.154. The van der Waals surface area contributed by atoms with Crippen molar-refractivity contribution in [2.45, 2.75) is 38.8 Å². The normalized spacial score (nSPS) is 12.0. The first kappa shape index (κ1) is 38.6. The van der Waals surface area contributed by atoms with Gasteiger partial charge in [-0.25, -0.2) is 0 Å². The van der Waals surface area contributed by atoms with E-state index in [4.69, 9.17) is 20.9 Å². The fourth-order valence-electron chi connectivity index (χ4n) is 3.75. The van der Waals surface area contributed by atoms with E-state index in [9.17, 15) is 9.59 Å². The Kier molecular flexibility index (Phi) is 16.3. The summed E-state index contributed by atoms with van der Waals surface area (Å²) in [6.45, 7) is 3.05. The molecule has 4 rings (SSSR count). The van der Waals surface area contributed by atoms with Gasteiger partial charge in [-0.1, -0.05) is 12.1 Å². The molecule has 0 radical (unpaired) electrons. The average Bonchev–Trinajstić information content (AvgIpc) is 2.93. The molecule has 0 saturated heterocycles. The van der Waals surface area contributed by atoms with Gasteiger partial charge in [-0.3, -0.25) is 9.59 Å². The van der Waals surface area contributed by atoms with Crippen LogP contribution in [0.5, 0.6) is 23.0 Å². The number of rotatable bonds is 10. The Bertz CT molecular complexity index is 1480. The number of benzene rings is 4. The molecule has 0 amide bonds. The van der Waals surface area contributed by atoms with Crippen LogP contribution < -0.4 is 20.9 Å². The zero-order valence-corrected chi connectivity index (χ0v) is 36.5. The standard InChI is InChI=1S/2C16H14I3NO2/c2*1-9(21)15(20)7-10-5-13(18)16(14(19)6-10)22-12-4-2-3-11(17)8-12/h2*2-6,8,15H,7,20H2,1H3/t2*15-/m10/s1.